The zero-order chi connectivity index (χ0) is 9.40. The van der Waals surface area contributed by atoms with Crippen LogP contribution in [0, 0.1) is 12.8 Å². The lowest BCUT2D eigenvalue weighted by molar-refractivity contribution is -0.137. The van der Waals surface area contributed by atoms with E-state index in [9.17, 15) is 4.79 Å². The number of hydrogen-bond donors (Lipinski definition) is 1. The summed E-state index contributed by atoms with van der Waals surface area (Å²) in [6.07, 6.45) is 5.69. The zero-order valence-electron chi connectivity index (χ0n) is 7.88. The Kier molecular flexibility index (Phi) is 6.82. The number of unbranched alkanes of at least 4 members (excludes halogenated alkanes) is 2. The van der Waals surface area contributed by atoms with Gasteiger partial charge in [0.05, 0.1) is 0 Å². The summed E-state index contributed by atoms with van der Waals surface area (Å²) in [5.74, 6) is -0.383. The number of carbonyl (C=O) groups is 1. The summed E-state index contributed by atoms with van der Waals surface area (Å²) in [5, 5.41) is 8.41. The van der Waals surface area contributed by atoms with Crippen molar-refractivity contribution < 1.29 is 9.90 Å². The van der Waals surface area contributed by atoms with Crippen LogP contribution in [0.2, 0.25) is 0 Å². The molecule has 1 atom stereocenters. The highest BCUT2D eigenvalue weighted by molar-refractivity contribution is 5.66. The summed E-state index contributed by atoms with van der Waals surface area (Å²) in [6.45, 7) is 6.08. The average molecular weight is 171 g/mol. The average Bonchev–Trinajstić information content (AvgIpc) is 2.01. The normalized spacial score (nSPS) is 12.8. The fourth-order valence-electron chi connectivity index (χ4n) is 1.15. The third-order valence-corrected chi connectivity index (χ3v) is 1.98. The largest absolute Gasteiger partial charge is 0.481 e. The van der Waals surface area contributed by atoms with E-state index in [2.05, 4.69) is 13.8 Å². The van der Waals surface area contributed by atoms with Crippen LogP contribution >= 0.6 is 0 Å². The number of rotatable bonds is 7. The summed E-state index contributed by atoms with van der Waals surface area (Å²) in [5.41, 5.74) is 0. The summed E-state index contributed by atoms with van der Waals surface area (Å²) in [7, 11) is 0. The van der Waals surface area contributed by atoms with E-state index in [0.717, 1.165) is 12.8 Å². The Morgan fingerprint density at radius 3 is 2.58 bits per heavy atom. The molecule has 2 heteroatoms. The fraction of sp³-hybridized carbons (Fsp3) is 0.800. The zero-order valence-corrected chi connectivity index (χ0v) is 7.88. The molecule has 1 radical (unpaired) electrons. The standard InChI is InChI=1S/C10H19O2/c1-3-4-5-6-9(2)7-8-10(11)12/h9H,2-8H2,1H3,(H,11,12). The van der Waals surface area contributed by atoms with E-state index in [-0.39, 0.29) is 6.42 Å². The lowest BCUT2D eigenvalue weighted by Crippen LogP contribution is -2.01. The molecule has 0 fully saturated rings. The van der Waals surface area contributed by atoms with Gasteiger partial charge in [0.25, 0.3) is 0 Å². The molecule has 0 aromatic carbocycles. The van der Waals surface area contributed by atoms with Crippen LogP contribution in [0.5, 0.6) is 0 Å². The van der Waals surface area contributed by atoms with Crippen molar-refractivity contribution >= 4 is 5.97 Å². The monoisotopic (exact) mass is 171 g/mol. The maximum absolute atomic E-state index is 10.2. The number of hydrogen-bond acceptors (Lipinski definition) is 1. The molecule has 0 saturated heterocycles. The van der Waals surface area contributed by atoms with Crippen molar-refractivity contribution in [3.05, 3.63) is 6.92 Å². The molecule has 0 aromatic rings. The van der Waals surface area contributed by atoms with Crippen molar-refractivity contribution in [3.63, 3.8) is 0 Å². The molecule has 12 heavy (non-hydrogen) atoms. The second-order valence-corrected chi connectivity index (χ2v) is 3.29. The predicted octanol–water partition coefficient (Wildman–Crippen LogP) is 2.88. The van der Waals surface area contributed by atoms with Gasteiger partial charge in [-0.2, -0.15) is 0 Å². The molecule has 1 N–H and O–H groups in total. The second kappa shape index (κ2) is 7.14. The number of carboxylic acids is 1. The lowest BCUT2D eigenvalue weighted by Gasteiger charge is -2.08. The van der Waals surface area contributed by atoms with Gasteiger partial charge in [-0.15, -0.1) is 0 Å². The van der Waals surface area contributed by atoms with Crippen molar-refractivity contribution in [1.29, 1.82) is 0 Å². The van der Waals surface area contributed by atoms with Crippen molar-refractivity contribution in [2.75, 3.05) is 0 Å². The first kappa shape index (κ1) is 11.5. The Hall–Kier alpha value is -0.530. The molecular formula is C10H19O2. The molecule has 71 valence electrons. The molecule has 0 aliphatic heterocycles. The highest BCUT2D eigenvalue weighted by Gasteiger charge is 2.04. The SMILES string of the molecule is [CH2]C(CCCCC)CCC(=O)O. The molecule has 0 bridgehead atoms. The van der Waals surface area contributed by atoms with Gasteiger partial charge in [0.2, 0.25) is 0 Å². The molecule has 2 nitrogen and oxygen atoms in total. The van der Waals surface area contributed by atoms with Gasteiger partial charge < -0.3 is 5.11 Å². The highest BCUT2D eigenvalue weighted by atomic mass is 16.4. The van der Waals surface area contributed by atoms with Gasteiger partial charge in [-0.05, 0) is 12.3 Å². The maximum atomic E-state index is 10.2. The third-order valence-electron chi connectivity index (χ3n) is 1.98. The van der Waals surface area contributed by atoms with Gasteiger partial charge >= 0.3 is 5.97 Å². The van der Waals surface area contributed by atoms with E-state index < -0.39 is 5.97 Å². The van der Waals surface area contributed by atoms with Gasteiger partial charge in [0.15, 0.2) is 0 Å². The van der Waals surface area contributed by atoms with Crippen molar-refractivity contribution in [2.45, 2.75) is 45.4 Å². The van der Waals surface area contributed by atoms with Crippen LogP contribution in [-0.4, -0.2) is 11.1 Å². The van der Waals surface area contributed by atoms with E-state index in [0.29, 0.717) is 5.92 Å². The maximum Gasteiger partial charge on any atom is 0.303 e. The van der Waals surface area contributed by atoms with E-state index in [1.54, 1.807) is 0 Å². The topological polar surface area (TPSA) is 37.3 Å². The molecule has 0 saturated carbocycles. The molecular weight excluding hydrogens is 152 g/mol. The Labute approximate surface area is 75.0 Å². The third kappa shape index (κ3) is 7.58. The lowest BCUT2D eigenvalue weighted by atomic mass is 9.98. The van der Waals surface area contributed by atoms with Crippen LogP contribution in [0.25, 0.3) is 0 Å². The predicted molar refractivity (Wildman–Crippen MR) is 49.9 cm³/mol. The quantitative estimate of drug-likeness (QED) is 0.598. The van der Waals surface area contributed by atoms with Gasteiger partial charge in [-0.3, -0.25) is 4.79 Å². The molecule has 0 spiro atoms. The summed E-state index contributed by atoms with van der Waals surface area (Å²) in [4.78, 5) is 10.2. The van der Waals surface area contributed by atoms with E-state index in [1.807, 2.05) is 0 Å². The first-order valence-corrected chi connectivity index (χ1v) is 4.71. The van der Waals surface area contributed by atoms with E-state index in [4.69, 9.17) is 5.11 Å². The Bertz CT molecular complexity index is 121. The van der Waals surface area contributed by atoms with Crippen LogP contribution in [0.3, 0.4) is 0 Å². The highest BCUT2D eigenvalue weighted by Crippen LogP contribution is 2.13. The molecule has 0 rings (SSSR count). The van der Waals surface area contributed by atoms with Crippen LogP contribution in [-0.2, 0) is 4.79 Å². The fourth-order valence-corrected chi connectivity index (χ4v) is 1.15. The Morgan fingerprint density at radius 2 is 2.08 bits per heavy atom. The van der Waals surface area contributed by atoms with Crippen LogP contribution in [0.4, 0.5) is 0 Å². The minimum Gasteiger partial charge on any atom is -0.481 e. The van der Waals surface area contributed by atoms with Crippen LogP contribution in [0.15, 0.2) is 0 Å². The van der Waals surface area contributed by atoms with Gasteiger partial charge in [0, 0.05) is 6.42 Å². The summed E-state index contributed by atoms with van der Waals surface area (Å²) < 4.78 is 0. The Balaban J connectivity index is 3.21. The van der Waals surface area contributed by atoms with E-state index >= 15 is 0 Å². The molecule has 0 amide bonds. The summed E-state index contributed by atoms with van der Waals surface area (Å²) in [6, 6.07) is 0. The minimum absolute atomic E-state index is 0.264. The van der Waals surface area contributed by atoms with Crippen LogP contribution in [0.1, 0.15) is 45.4 Å². The van der Waals surface area contributed by atoms with Crippen molar-refractivity contribution in [1.82, 2.24) is 0 Å². The smallest absolute Gasteiger partial charge is 0.303 e. The first-order chi connectivity index (χ1) is 5.66. The minimum atomic E-state index is -0.709. The molecule has 0 aromatic heterocycles. The van der Waals surface area contributed by atoms with Gasteiger partial charge in [-0.25, -0.2) is 0 Å². The molecule has 1 unspecified atom stereocenters. The number of carboxylic acid groups (broad SMARTS) is 1. The molecule has 0 aliphatic carbocycles. The van der Waals surface area contributed by atoms with Gasteiger partial charge in [0.1, 0.15) is 0 Å². The van der Waals surface area contributed by atoms with Crippen molar-refractivity contribution in [2.24, 2.45) is 5.92 Å². The van der Waals surface area contributed by atoms with Crippen LogP contribution < -0.4 is 0 Å². The molecule has 0 aliphatic rings. The van der Waals surface area contributed by atoms with Crippen molar-refractivity contribution in [3.8, 4) is 0 Å². The van der Waals surface area contributed by atoms with E-state index in [1.165, 1.54) is 19.3 Å². The summed E-state index contributed by atoms with van der Waals surface area (Å²) >= 11 is 0. The second-order valence-electron chi connectivity index (χ2n) is 3.29. The van der Waals surface area contributed by atoms with Gasteiger partial charge in [-0.1, -0.05) is 39.5 Å². The number of aliphatic carboxylic acids is 1. The molecule has 0 heterocycles. The first-order valence-electron chi connectivity index (χ1n) is 4.71. The Morgan fingerprint density at radius 1 is 1.42 bits per heavy atom.